The fourth-order valence-corrected chi connectivity index (χ4v) is 4.57. The van der Waals surface area contributed by atoms with Gasteiger partial charge in [-0.3, -0.25) is 9.36 Å². The number of rotatable bonds is 4. The Morgan fingerprint density at radius 1 is 0.939 bits per heavy atom. The van der Waals surface area contributed by atoms with Crippen molar-refractivity contribution in [1.29, 1.82) is 0 Å². The number of aryl methyl sites for hydroxylation is 2. The standard InChI is InChI=1S/C26H22ClN3O3/c1-16-9-10-18(27)13-22(16)30-25(31)24-23(20-14-19(33-3)11-12-21(20)28(24)2)29(26(30)32)15-17-7-5-4-6-8-17/h4-14H,15H2,1-3H3. The molecule has 0 N–H and O–H groups in total. The molecule has 166 valence electrons. The number of nitrogens with zero attached hydrogens (tertiary/aromatic N) is 3. The van der Waals surface area contributed by atoms with Gasteiger partial charge in [-0.15, -0.1) is 0 Å². The van der Waals surface area contributed by atoms with E-state index in [1.165, 1.54) is 4.57 Å². The van der Waals surface area contributed by atoms with E-state index < -0.39 is 5.69 Å². The predicted molar refractivity (Wildman–Crippen MR) is 132 cm³/mol. The van der Waals surface area contributed by atoms with Crippen molar-refractivity contribution in [3.05, 3.63) is 104 Å². The van der Waals surface area contributed by atoms with Crippen LogP contribution in [0.3, 0.4) is 0 Å². The molecular weight excluding hydrogens is 438 g/mol. The molecule has 3 aromatic carbocycles. The summed E-state index contributed by atoms with van der Waals surface area (Å²) in [5, 5.41) is 1.24. The van der Waals surface area contributed by atoms with Crippen LogP contribution in [0, 0.1) is 6.92 Å². The van der Waals surface area contributed by atoms with Gasteiger partial charge in [-0.25, -0.2) is 9.36 Å². The highest BCUT2D eigenvalue weighted by atomic mass is 35.5. The third-order valence-electron chi connectivity index (χ3n) is 6.07. The van der Waals surface area contributed by atoms with Gasteiger partial charge in [0.15, 0.2) is 0 Å². The molecule has 0 spiro atoms. The number of hydrogen-bond donors (Lipinski definition) is 0. The topological polar surface area (TPSA) is 58.2 Å². The Morgan fingerprint density at radius 2 is 1.70 bits per heavy atom. The van der Waals surface area contributed by atoms with E-state index >= 15 is 0 Å². The van der Waals surface area contributed by atoms with E-state index in [0.29, 0.717) is 34.0 Å². The Labute approximate surface area is 194 Å². The monoisotopic (exact) mass is 459 g/mol. The van der Waals surface area contributed by atoms with Gasteiger partial charge in [0.2, 0.25) is 0 Å². The highest BCUT2D eigenvalue weighted by Crippen LogP contribution is 2.30. The lowest BCUT2D eigenvalue weighted by molar-refractivity contribution is 0.415. The van der Waals surface area contributed by atoms with Crippen LogP contribution in [0.15, 0.2) is 76.3 Å². The van der Waals surface area contributed by atoms with E-state index in [1.807, 2.05) is 73.1 Å². The van der Waals surface area contributed by atoms with Crippen LogP contribution in [-0.2, 0) is 13.6 Å². The zero-order chi connectivity index (χ0) is 23.3. The van der Waals surface area contributed by atoms with Crippen LogP contribution in [0.5, 0.6) is 5.75 Å². The van der Waals surface area contributed by atoms with Crippen LogP contribution in [-0.4, -0.2) is 20.8 Å². The fraction of sp³-hybridized carbons (Fsp3) is 0.154. The van der Waals surface area contributed by atoms with E-state index in [0.717, 1.165) is 22.0 Å². The van der Waals surface area contributed by atoms with Gasteiger partial charge in [0, 0.05) is 17.5 Å². The van der Waals surface area contributed by atoms with Gasteiger partial charge in [0.1, 0.15) is 11.3 Å². The molecule has 0 atom stereocenters. The van der Waals surface area contributed by atoms with Crippen molar-refractivity contribution in [2.75, 3.05) is 7.11 Å². The number of hydrogen-bond acceptors (Lipinski definition) is 3. The molecular formula is C26H22ClN3O3. The summed E-state index contributed by atoms with van der Waals surface area (Å²) in [5.41, 5.74) is 3.26. The van der Waals surface area contributed by atoms with E-state index in [1.54, 1.807) is 23.8 Å². The molecule has 0 saturated carbocycles. The van der Waals surface area contributed by atoms with E-state index in [9.17, 15) is 9.59 Å². The quantitative estimate of drug-likeness (QED) is 0.392. The molecule has 6 nitrogen and oxygen atoms in total. The first-order chi connectivity index (χ1) is 15.9. The van der Waals surface area contributed by atoms with Gasteiger partial charge < -0.3 is 9.30 Å². The molecule has 33 heavy (non-hydrogen) atoms. The first-order valence-corrected chi connectivity index (χ1v) is 10.9. The third-order valence-corrected chi connectivity index (χ3v) is 6.31. The summed E-state index contributed by atoms with van der Waals surface area (Å²) in [7, 11) is 3.43. The minimum Gasteiger partial charge on any atom is -0.497 e. The summed E-state index contributed by atoms with van der Waals surface area (Å²) >= 11 is 6.24. The Hall–Kier alpha value is -3.77. The summed E-state index contributed by atoms with van der Waals surface area (Å²) < 4.78 is 10.1. The molecule has 0 fully saturated rings. The Kier molecular flexibility index (Phi) is 5.10. The van der Waals surface area contributed by atoms with Crippen LogP contribution in [0.2, 0.25) is 5.02 Å². The van der Waals surface area contributed by atoms with Crippen LogP contribution in [0.25, 0.3) is 27.6 Å². The molecule has 7 heteroatoms. The zero-order valence-electron chi connectivity index (χ0n) is 18.5. The van der Waals surface area contributed by atoms with Crippen molar-refractivity contribution < 1.29 is 4.74 Å². The number of aromatic nitrogens is 3. The summed E-state index contributed by atoms with van der Waals surface area (Å²) in [6.45, 7) is 2.17. The van der Waals surface area contributed by atoms with Crippen LogP contribution >= 0.6 is 11.6 Å². The minimum absolute atomic E-state index is 0.312. The Morgan fingerprint density at radius 3 is 2.42 bits per heavy atom. The second kappa shape index (κ2) is 7.98. The summed E-state index contributed by atoms with van der Waals surface area (Å²) in [4.78, 5) is 27.7. The molecule has 0 amide bonds. The lowest BCUT2D eigenvalue weighted by atomic mass is 10.2. The van der Waals surface area contributed by atoms with Crippen molar-refractivity contribution in [1.82, 2.24) is 13.7 Å². The lowest BCUT2D eigenvalue weighted by Crippen LogP contribution is -2.39. The summed E-state index contributed by atoms with van der Waals surface area (Å²) in [6, 6.07) is 20.5. The minimum atomic E-state index is -0.419. The third kappa shape index (κ3) is 3.34. The molecule has 0 radical (unpaired) electrons. The molecule has 2 heterocycles. The SMILES string of the molecule is COc1ccc2c(c1)c1c(c(=O)n(-c3cc(Cl)ccc3C)c(=O)n1Cc1ccccc1)n2C. The molecule has 2 aromatic heterocycles. The number of methoxy groups -OCH3 is 1. The Balaban J connectivity index is 1.98. The molecule has 0 aliphatic heterocycles. The number of ether oxygens (including phenoxy) is 1. The normalized spacial score (nSPS) is 11.4. The summed E-state index contributed by atoms with van der Waals surface area (Å²) in [6.07, 6.45) is 0. The molecule has 5 rings (SSSR count). The number of halogens is 1. The molecule has 0 unspecified atom stereocenters. The van der Waals surface area contributed by atoms with Gasteiger partial charge >= 0.3 is 5.69 Å². The second-order valence-corrected chi connectivity index (χ2v) is 8.50. The first kappa shape index (κ1) is 21.1. The molecule has 5 aromatic rings. The average molecular weight is 460 g/mol. The smallest absolute Gasteiger partial charge is 0.336 e. The molecule has 0 saturated heterocycles. The van der Waals surface area contributed by atoms with E-state index in [-0.39, 0.29) is 5.56 Å². The highest BCUT2D eigenvalue weighted by Gasteiger charge is 2.22. The van der Waals surface area contributed by atoms with Gasteiger partial charge in [-0.2, -0.15) is 0 Å². The van der Waals surface area contributed by atoms with Gasteiger partial charge in [-0.1, -0.05) is 48.0 Å². The van der Waals surface area contributed by atoms with Gasteiger partial charge in [0.25, 0.3) is 5.56 Å². The second-order valence-electron chi connectivity index (χ2n) is 8.06. The van der Waals surface area contributed by atoms with Crippen molar-refractivity contribution >= 4 is 33.5 Å². The van der Waals surface area contributed by atoms with Crippen LogP contribution in [0.1, 0.15) is 11.1 Å². The zero-order valence-corrected chi connectivity index (χ0v) is 19.3. The molecule has 0 aliphatic rings. The van der Waals surface area contributed by atoms with Crippen LogP contribution in [0.4, 0.5) is 0 Å². The van der Waals surface area contributed by atoms with Gasteiger partial charge in [0.05, 0.1) is 30.4 Å². The summed E-state index contributed by atoms with van der Waals surface area (Å²) in [5.74, 6) is 0.656. The Bertz CT molecular complexity index is 1650. The van der Waals surface area contributed by atoms with Crippen molar-refractivity contribution in [3.63, 3.8) is 0 Å². The maximum absolute atomic E-state index is 13.9. The molecule has 0 aliphatic carbocycles. The largest absolute Gasteiger partial charge is 0.497 e. The average Bonchev–Trinajstić information content (AvgIpc) is 3.11. The van der Waals surface area contributed by atoms with Crippen molar-refractivity contribution in [2.24, 2.45) is 7.05 Å². The first-order valence-electron chi connectivity index (χ1n) is 10.5. The maximum atomic E-state index is 13.9. The fourth-order valence-electron chi connectivity index (χ4n) is 4.41. The predicted octanol–water partition coefficient (Wildman–Crippen LogP) is 4.66. The number of fused-ring (bicyclic) bond motifs is 3. The van der Waals surface area contributed by atoms with Crippen LogP contribution < -0.4 is 16.0 Å². The number of benzene rings is 3. The van der Waals surface area contributed by atoms with E-state index in [4.69, 9.17) is 16.3 Å². The van der Waals surface area contributed by atoms with Gasteiger partial charge in [-0.05, 0) is 48.4 Å². The molecule has 0 bridgehead atoms. The maximum Gasteiger partial charge on any atom is 0.336 e. The lowest BCUT2D eigenvalue weighted by Gasteiger charge is -2.15. The van der Waals surface area contributed by atoms with E-state index in [2.05, 4.69) is 0 Å². The van der Waals surface area contributed by atoms with Crippen molar-refractivity contribution in [2.45, 2.75) is 13.5 Å². The highest BCUT2D eigenvalue weighted by molar-refractivity contribution is 6.30. The van der Waals surface area contributed by atoms with Crippen molar-refractivity contribution in [3.8, 4) is 11.4 Å².